The molecule has 5 rings (SSSR count). The highest BCUT2D eigenvalue weighted by Gasteiger charge is 2.69. The van der Waals surface area contributed by atoms with Crippen LogP contribution in [0.5, 0.6) is 11.5 Å². The van der Waals surface area contributed by atoms with Crippen molar-refractivity contribution in [3.63, 3.8) is 0 Å². The summed E-state index contributed by atoms with van der Waals surface area (Å²) in [4.78, 5) is 41.2. The molecule has 1 atom stereocenters. The first-order valence-electron chi connectivity index (χ1n) is 11.8. The smallest absolute Gasteiger partial charge is 0.274 e. The molecule has 0 saturated heterocycles. The van der Waals surface area contributed by atoms with E-state index >= 15 is 0 Å². The van der Waals surface area contributed by atoms with Gasteiger partial charge in [0.05, 0.1) is 6.20 Å². The summed E-state index contributed by atoms with van der Waals surface area (Å²) in [5, 5.41) is 2.63. The number of carbonyl (C=O) groups excluding carboxylic acids is 1. The molecule has 3 heterocycles. The van der Waals surface area contributed by atoms with Crippen LogP contribution in [-0.4, -0.2) is 31.5 Å². The molecule has 1 unspecified atom stereocenters. The highest BCUT2D eigenvalue weighted by molar-refractivity contribution is 6.03. The lowest BCUT2D eigenvalue weighted by molar-refractivity contribution is 0.0709. The summed E-state index contributed by atoms with van der Waals surface area (Å²) in [5.41, 5.74) is -0.700. The first-order valence-corrected chi connectivity index (χ1v) is 11.8. The molecule has 2 N–H and O–H groups in total. The zero-order valence-electron chi connectivity index (χ0n) is 21.3. The second-order valence-corrected chi connectivity index (χ2v) is 10.1. The van der Waals surface area contributed by atoms with Crippen LogP contribution in [0, 0.1) is 19.7 Å². The number of nitrogens with one attached hydrogen (secondary N) is 2. The lowest BCUT2D eigenvalue weighted by Gasteiger charge is -2.17. The topological polar surface area (TPSA) is 98.1 Å². The number of alkyl halides is 2. The van der Waals surface area contributed by atoms with Crippen LogP contribution < -0.4 is 21.2 Å². The van der Waals surface area contributed by atoms with E-state index in [1.54, 1.807) is 20.9 Å². The van der Waals surface area contributed by atoms with Crippen molar-refractivity contribution in [1.29, 1.82) is 0 Å². The van der Waals surface area contributed by atoms with E-state index in [1.807, 2.05) is 0 Å². The molecule has 4 aromatic rings. The number of carbonyl (C=O) groups is 1. The van der Waals surface area contributed by atoms with E-state index in [4.69, 9.17) is 4.74 Å². The number of ether oxygens (including phenoxy) is 1. The molecule has 0 bridgehead atoms. The average molecular weight is 527 g/mol. The molecule has 8 nitrogen and oxygen atoms in total. The van der Waals surface area contributed by atoms with Gasteiger partial charge in [-0.3, -0.25) is 14.4 Å². The number of aromatic nitrogens is 3. The lowest BCUT2D eigenvalue weighted by atomic mass is 10.0. The number of aryl methyl sites for hydroxylation is 4. The van der Waals surface area contributed by atoms with Gasteiger partial charge < -0.3 is 24.2 Å². The number of halogens is 3. The zero-order chi connectivity index (χ0) is 27.7. The van der Waals surface area contributed by atoms with Crippen molar-refractivity contribution in [2.75, 3.05) is 0 Å². The second-order valence-electron chi connectivity index (χ2n) is 10.1. The first kappa shape index (κ1) is 25.4. The van der Waals surface area contributed by atoms with Crippen LogP contribution in [0.2, 0.25) is 0 Å². The van der Waals surface area contributed by atoms with Crippen LogP contribution in [0.4, 0.5) is 13.2 Å². The summed E-state index contributed by atoms with van der Waals surface area (Å²) in [6.07, 6.45) is 2.50. The molecule has 1 aliphatic carbocycles. The van der Waals surface area contributed by atoms with Crippen molar-refractivity contribution in [3.05, 3.63) is 80.0 Å². The molecule has 1 aliphatic rings. The summed E-state index contributed by atoms with van der Waals surface area (Å²) in [5.74, 6) is -3.55. The van der Waals surface area contributed by atoms with Crippen molar-refractivity contribution < 1.29 is 22.7 Å². The third-order valence-corrected chi connectivity index (χ3v) is 6.98. The minimum Gasteiger partial charge on any atom is -0.455 e. The maximum absolute atomic E-state index is 13.9. The van der Waals surface area contributed by atoms with Crippen LogP contribution in [0.25, 0.3) is 22.0 Å². The summed E-state index contributed by atoms with van der Waals surface area (Å²) in [7, 11) is 3.06. The van der Waals surface area contributed by atoms with Gasteiger partial charge in [-0.15, -0.1) is 0 Å². The Balaban J connectivity index is 1.67. The molecule has 198 valence electrons. The van der Waals surface area contributed by atoms with E-state index in [1.165, 1.54) is 59.8 Å². The fourth-order valence-corrected chi connectivity index (χ4v) is 4.59. The third-order valence-electron chi connectivity index (χ3n) is 6.98. The lowest BCUT2D eigenvalue weighted by Crippen LogP contribution is -2.39. The maximum Gasteiger partial charge on any atom is 0.274 e. The molecular formula is C27H25F3N4O4. The number of pyridine rings is 2. The fraction of sp³-hybridized carbons (Fsp3) is 0.296. The van der Waals surface area contributed by atoms with Crippen LogP contribution in [0.1, 0.15) is 35.0 Å². The number of aromatic amines is 1. The highest BCUT2D eigenvalue weighted by atomic mass is 19.3. The van der Waals surface area contributed by atoms with Gasteiger partial charge in [0.1, 0.15) is 28.3 Å². The normalized spacial score (nSPS) is 18.0. The molecule has 1 saturated carbocycles. The Morgan fingerprint density at radius 2 is 1.66 bits per heavy atom. The summed E-state index contributed by atoms with van der Waals surface area (Å²) in [6.45, 7) is 4.64. The molecule has 3 aromatic heterocycles. The van der Waals surface area contributed by atoms with E-state index in [0.717, 1.165) is 0 Å². The molecule has 1 fully saturated rings. The number of nitrogens with zero attached hydrogens (tertiary/aromatic N) is 2. The van der Waals surface area contributed by atoms with E-state index in [2.05, 4.69) is 10.3 Å². The van der Waals surface area contributed by atoms with Crippen molar-refractivity contribution >= 4 is 16.8 Å². The molecule has 1 amide bonds. The van der Waals surface area contributed by atoms with Gasteiger partial charge in [0.25, 0.3) is 22.9 Å². The minimum atomic E-state index is -3.01. The van der Waals surface area contributed by atoms with Crippen molar-refractivity contribution in [1.82, 2.24) is 19.4 Å². The van der Waals surface area contributed by atoms with Gasteiger partial charge in [0.2, 0.25) is 0 Å². The number of benzene rings is 1. The summed E-state index contributed by atoms with van der Waals surface area (Å²) < 4.78 is 50.1. The van der Waals surface area contributed by atoms with Gasteiger partial charge in [-0.25, -0.2) is 13.2 Å². The Kier molecular flexibility index (Phi) is 5.59. The van der Waals surface area contributed by atoms with Gasteiger partial charge in [-0.05, 0) is 50.1 Å². The number of hydrogen-bond donors (Lipinski definition) is 2. The molecule has 1 aromatic carbocycles. The third kappa shape index (κ3) is 4.07. The predicted octanol–water partition coefficient (Wildman–Crippen LogP) is 4.31. The average Bonchev–Trinajstić information content (AvgIpc) is 3.13. The van der Waals surface area contributed by atoms with Crippen LogP contribution in [0.15, 0.2) is 46.2 Å². The summed E-state index contributed by atoms with van der Waals surface area (Å²) in [6, 6.07) is 5.38. The Hall–Kier alpha value is -4.28. The van der Waals surface area contributed by atoms with Crippen LogP contribution in [-0.2, 0) is 14.1 Å². The Bertz CT molecular complexity index is 1750. The van der Waals surface area contributed by atoms with Crippen molar-refractivity contribution in [3.8, 4) is 22.6 Å². The monoisotopic (exact) mass is 526 g/mol. The number of rotatable bonds is 5. The number of H-pyrrole nitrogens is 1. The minimum absolute atomic E-state index is 0.0589. The van der Waals surface area contributed by atoms with Gasteiger partial charge in [-0.1, -0.05) is 0 Å². The molecule has 0 aliphatic heterocycles. The van der Waals surface area contributed by atoms with E-state index in [-0.39, 0.29) is 22.5 Å². The Morgan fingerprint density at radius 1 is 1.03 bits per heavy atom. The Labute approximate surface area is 214 Å². The highest BCUT2D eigenvalue weighted by Crippen LogP contribution is 2.52. The molecular weight excluding hydrogens is 501 g/mol. The number of hydrogen-bond acceptors (Lipinski definition) is 4. The summed E-state index contributed by atoms with van der Waals surface area (Å²) >= 11 is 0. The molecule has 0 spiro atoms. The van der Waals surface area contributed by atoms with E-state index in [0.29, 0.717) is 33.4 Å². The Morgan fingerprint density at radius 3 is 2.26 bits per heavy atom. The van der Waals surface area contributed by atoms with Crippen LogP contribution in [0.3, 0.4) is 0 Å². The molecule has 38 heavy (non-hydrogen) atoms. The van der Waals surface area contributed by atoms with Gasteiger partial charge in [0.15, 0.2) is 5.75 Å². The van der Waals surface area contributed by atoms with E-state index < -0.39 is 35.2 Å². The van der Waals surface area contributed by atoms with Crippen molar-refractivity contribution in [2.24, 2.45) is 14.1 Å². The quantitative estimate of drug-likeness (QED) is 0.405. The van der Waals surface area contributed by atoms with Gasteiger partial charge in [0, 0.05) is 49.3 Å². The second kappa shape index (κ2) is 8.37. The zero-order valence-corrected chi connectivity index (χ0v) is 21.3. The number of fused-ring (bicyclic) bond motifs is 1. The molecule has 11 heteroatoms. The maximum atomic E-state index is 13.9. The molecule has 0 radical (unpaired) electrons. The fourth-order valence-electron chi connectivity index (χ4n) is 4.59. The van der Waals surface area contributed by atoms with Crippen molar-refractivity contribution in [2.45, 2.75) is 38.7 Å². The standard InChI is InChI=1S/C27H25F3N4O4/c1-13-6-15(28)7-14(2)23(13)38-20-11-33(4)21(35)9-16(20)18-10-34(5)25(37)22-17(18)8-19(31-22)24(36)32-26(3)12-27(26,29)30/h6-11,31H,12H2,1-5H3,(H,32,36). The van der Waals surface area contributed by atoms with Crippen LogP contribution >= 0.6 is 0 Å². The largest absolute Gasteiger partial charge is 0.455 e. The van der Waals surface area contributed by atoms with Gasteiger partial charge in [-0.2, -0.15) is 0 Å². The predicted molar refractivity (Wildman–Crippen MR) is 136 cm³/mol. The van der Waals surface area contributed by atoms with E-state index in [9.17, 15) is 27.6 Å². The first-order chi connectivity index (χ1) is 17.7. The van der Waals surface area contributed by atoms with Gasteiger partial charge >= 0.3 is 0 Å². The number of amides is 1. The SMILES string of the molecule is Cc1cc(F)cc(C)c1Oc1cn(C)c(=O)cc1-c1cn(C)c(=O)c2[nH]c(C(=O)NC3(C)CC3(F)F)cc12.